The third kappa shape index (κ3) is 5.81. The molecule has 1 aromatic rings. The monoisotopic (exact) mass is 323 g/mol. The molecule has 0 radical (unpaired) electrons. The molecule has 1 amide bonds. The standard InChI is InChI=1S/C17H25NO5/c1-5-11-18-17(20)12(2)23-15(19)10-9-13-7-6-8-14(21-3)16(13)22-4/h6-8,12H,5,9-11H2,1-4H3,(H,18,20). The molecule has 0 heterocycles. The lowest BCUT2D eigenvalue weighted by atomic mass is 10.1. The minimum Gasteiger partial charge on any atom is -0.493 e. The van der Waals surface area contributed by atoms with Gasteiger partial charge in [-0.05, 0) is 31.4 Å². The highest BCUT2D eigenvalue weighted by molar-refractivity contribution is 5.83. The van der Waals surface area contributed by atoms with E-state index in [1.54, 1.807) is 27.2 Å². The molecule has 6 nitrogen and oxygen atoms in total. The van der Waals surface area contributed by atoms with Crippen LogP contribution in [0.1, 0.15) is 32.3 Å². The first-order chi connectivity index (χ1) is 11.0. The molecule has 0 saturated heterocycles. The van der Waals surface area contributed by atoms with Crippen LogP contribution in [-0.4, -0.2) is 38.7 Å². The van der Waals surface area contributed by atoms with E-state index in [2.05, 4.69) is 5.32 Å². The highest BCUT2D eigenvalue weighted by Crippen LogP contribution is 2.31. The second-order valence-electron chi connectivity index (χ2n) is 5.08. The Bertz CT molecular complexity index is 530. The molecule has 1 unspecified atom stereocenters. The van der Waals surface area contributed by atoms with Crippen LogP contribution in [0, 0.1) is 0 Å². The largest absolute Gasteiger partial charge is 0.493 e. The van der Waals surface area contributed by atoms with Gasteiger partial charge in [-0.3, -0.25) is 9.59 Å². The van der Waals surface area contributed by atoms with Crippen LogP contribution in [0.5, 0.6) is 11.5 Å². The van der Waals surface area contributed by atoms with E-state index in [0.29, 0.717) is 24.5 Å². The van der Waals surface area contributed by atoms with Gasteiger partial charge in [0.05, 0.1) is 14.2 Å². The second kappa shape index (κ2) is 9.71. The molecule has 0 aromatic heterocycles. The number of nitrogens with one attached hydrogen (secondary N) is 1. The van der Waals surface area contributed by atoms with Crippen LogP contribution in [0.3, 0.4) is 0 Å². The van der Waals surface area contributed by atoms with E-state index < -0.39 is 12.1 Å². The summed E-state index contributed by atoms with van der Waals surface area (Å²) in [6.07, 6.45) is 0.653. The van der Waals surface area contributed by atoms with Crippen LogP contribution in [0.15, 0.2) is 18.2 Å². The van der Waals surface area contributed by atoms with Gasteiger partial charge in [0.1, 0.15) is 0 Å². The van der Waals surface area contributed by atoms with Crippen LogP contribution < -0.4 is 14.8 Å². The average Bonchev–Trinajstić information content (AvgIpc) is 2.56. The van der Waals surface area contributed by atoms with E-state index in [1.807, 2.05) is 19.1 Å². The van der Waals surface area contributed by atoms with Crippen molar-refractivity contribution < 1.29 is 23.8 Å². The van der Waals surface area contributed by atoms with Gasteiger partial charge >= 0.3 is 5.97 Å². The van der Waals surface area contributed by atoms with E-state index in [9.17, 15) is 9.59 Å². The molecule has 0 bridgehead atoms. The van der Waals surface area contributed by atoms with Crippen molar-refractivity contribution in [2.45, 2.75) is 39.2 Å². The van der Waals surface area contributed by atoms with Crippen molar-refractivity contribution in [1.82, 2.24) is 5.32 Å². The molecule has 23 heavy (non-hydrogen) atoms. The van der Waals surface area contributed by atoms with Crippen LogP contribution >= 0.6 is 0 Å². The SMILES string of the molecule is CCCNC(=O)C(C)OC(=O)CCc1cccc(OC)c1OC. The second-order valence-corrected chi connectivity index (χ2v) is 5.08. The first-order valence-corrected chi connectivity index (χ1v) is 7.70. The van der Waals surface area contributed by atoms with E-state index in [1.165, 1.54) is 0 Å². The predicted molar refractivity (Wildman–Crippen MR) is 86.7 cm³/mol. The Morgan fingerprint density at radius 1 is 1.22 bits per heavy atom. The molecule has 1 rings (SSSR count). The maximum Gasteiger partial charge on any atom is 0.306 e. The van der Waals surface area contributed by atoms with Crippen molar-refractivity contribution in [3.63, 3.8) is 0 Å². The van der Waals surface area contributed by atoms with Gasteiger partial charge in [-0.1, -0.05) is 19.1 Å². The first kappa shape index (κ1) is 18.8. The van der Waals surface area contributed by atoms with Gasteiger partial charge in [-0.15, -0.1) is 0 Å². The zero-order valence-electron chi connectivity index (χ0n) is 14.2. The number of esters is 1. The fourth-order valence-electron chi connectivity index (χ4n) is 2.09. The summed E-state index contributed by atoms with van der Waals surface area (Å²) in [5, 5.41) is 2.69. The van der Waals surface area contributed by atoms with Gasteiger partial charge < -0.3 is 19.5 Å². The van der Waals surface area contributed by atoms with Crippen LogP contribution in [0.25, 0.3) is 0 Å². The Hall–Kier alpha value is -2.24. The number of carbonyl (C=O) groups excluding carboxylic acids is 2. The Morgan fingerprint density at radius 3 is 2.57 bits per heavy atom. The average molecular weight is 323 g/mol. The minimum absolute atomic E-state index is 0.162. The van der Waals surface area contributed by atoms with Gasteiger partial charge in [0, 0.05) is 13.0 Å². The minimum atomic E-state index is -0.791. The fraction of sp³-hybridized carbons (Fsp3) is 0.529. The number of hydrogen-bond donors (Lipinski definition) is 1. The van der Waals surface area contributed by atoms with Crippen molar-refractivity contribution in [2.24, 2.45) is 0 Å². The quantitative estimate of drug-likeness (QED) is 0.705. The Kier molecular flexibility index (Phi) is 7.94. The van der Waals surface area contributed by atoms with E-state index >= 15 is 0 Å². The molecule has 128 valence electrons. The van der Waals surface area contributed by atoms with Crippen molar-refractivity contribution in [2.75, 3.05) is 20.8 Å². The van der Waals surface area contributed by atoms with E-state index in [-0.39, 0.29) is 12.3 Å². The maximum atomic E-state index is 11.9. The van der Waals surface area contributed by atoms with Gasteiger partial charge in [-0.25, -0.2) is 0 Å². The molecule has 0 spiro atoms. The van der Waals surface area contributed by atoms with Crippen LogP contribution in [0.4, 0.5) is 0 Å². The summed E-state index contributed by atoms with van der Waals surface area (Å²) in [5.41, 5.74) is 0.854. The smallest absolute Gasteiger partial charge is 0.306 e. The summed E-state index contributed by atoms with van der Waals surface area (Å²) < 4.78 is 15.7. The van der Waals surface area contributed by atoms with Gasteiger partial charge in [0.25, 0.3) is 5.91 Å². The molecular weight excluding hydrogens is 298 g/mol. The molecule has 0 aliphatic rings. The normalized spacial score (nSPS) is 11.5. The number of rotatable bonds is 9. The fourth-order valence-corrected chi connectivity index (χ4v) is 2.09. The summed E-state index contributed by atoms with van der Waals surface area (Å²) in [5.74, 6) is 0.524. The highest BCUT2D eigenvalue weighted by Gasteiger charge is 2.18. The zero-order valence-corrected chi connectivity index (χ0v) is 14.2. The number of methoxy groups -OCH3 is 2. The molecule has 1 aromatic carbocycles. The van der Waals surface area contributed by atoms with Crippen LogP contribution in [-0.2, 0) is 20.7 Å². The summed E-state index contributed by atoms with van der Waals surface area (Å²) >= 11 is 0. The summed E-state index contributed by atoms with van der Waals surface area (Å²) in [6.45, 7) is 4.09. The number of carbonyl (C=O) groups is 2. The number of hydrogen-bond acceptors (Lipinski definition) is 5. The number of ether oxygens (including phenoxy) is 3. The van der Waals surface area contributed by atoms with Gasteiger partial charge in [0.2, 0.25) is 0 Å². The highest BCUT2D eigenvalue weighted by atomic mass is 16.5. The molecule has 6 heteroatoms. The number of para-hydroxylation sites is 1. The van der Waals surface area contributed by atoms with Crippen molar-refractivity contribution in [3.05, 3.63) is 23.8 Å². The van der Waals surface area contributed by atoms with E-state index in [0.717, 1.165) is 12.0 Å². The Morgan fingerprint density at radius 2 is 1.96 bits per heavy atom. The molecule has 0 saturated carbocycles. The number of amides is 1. The molecule has 1 atom stereocenters. The zero-order chi connectivity index (χ0) is 17.2. The summed E-state index contributed by atoms with van der Waals surface area (Å²) in [7, 11) is 3.12. The third-order valence-electron chi connectivity index (χ3n) is 3.31. The molecule has 0 aliphatic carbocycles. The number of aryl methyl sites for hydroxylation is 1. The van der Waals surface area contributed by atoms with E-state index in [4.69, 9.17) is 14.2 Å². The lowest BCUT2D eigenvalue weighted by Gasteiger charge is -2.14. The first-order valence-electron chi connectivity index (χ1n) is 7.70. The number of benzene rings is 1. The Balaban J connectivity index is 2.55. The lowest BCUT2D eigenvalue weighted by Crippen LogP contribution is -2.36. The maximum absolute atomic E-state index is 11.9. The van der Waals surface area contributed by atoms with Crippen molar-refractivity contribution >= 4 is 11.9 Å². The molecule has 0 aliphatic heterocycles. The molecule has 0 fully saturated rings. The Labute approximate surface area is 137 Å². The van der Waals surface area contributed by atoms with Gasteiger partial charge in [-0.2, -0.15) is 0 Å². The summed E-state index contributed by atoms with van der Waals surface area (Å²) in [4.78, 5) is 23.6. The van der Waals surface area contributed by atoms with Crippen LogP contribution in [0.2, 0.25) is 0 Å². The predicted octanol–water partition coefficient (Wildman–Crippen LogP) is 2.09. The molecular formula is C17H25NO5. The lowest BCUT2D eigenvalue weighted by molar-refractivity contribution is -0.154. The van der Waals surface area contributed by atoms with Crippen molar-refractivity contribution in [1.29, 1.82) is 0 Å². The van der Waals surface area contributed by atoms with Gasteiger partial charge in [0.15, 0.2) is 17.6 Å². The summed E-state index contributed by atoms with van der Waals surface area (Å²) in [6, 6.07) is 5.50. The third-order valence-corrected chi connectivity index (χ3v) is 3.31. The topological polar surface area (TPSA) is 73.9 Å². The van der Waals surface area contributed by atoms with Crippen molar-refractivity contribution in [3.8, 4) is 11.5 Å². The molecule has 1 N–H and O–H groups in total.